The van der Waals surface area contributed by atoms with Crippen LogP contribution in [0.5, 0.6) is 5.75 Å². The van der Waals surface area contributed by atoms with Gasteiger partial charge in [-0.05, 0) is 54.7 Å². The molecule has 2 nitrogen and oxygen atoms in total. The Morgan fingerprint density at radius 3 is 2.50 bits per heavy atom. The van der Waals surface area contributed by atoms with Crippen molar-refractivity contribution in [3.8, 4) is 5.75 Å². The lowest BCUT2D eigenvalue weighted by Crippen LogP contribution is -2.04. The largest absolute Gasteiger partial charge is 0.494 e. The monoisotopic (exact) mass is 246 g/mol. The van der Waals surface area contributed by atoms with Crippen LogP contribution in [-0.4, -0.2) is 11.7 Å². The van der Waals surface area contributed by atoms with E-state index in [0.29, 0.717) is 5.92 Å². The number of aliphatic hydroxyl groups is 1. The molecule has 1 aromatic carbocycles. The zero-order valence-electron chi connectivity index (χ0n) is 11.0. The third-order valence-electron chi connectivity index (χ3n) is 4.53. The van der Waals surface area contributed by atoms with Crippen LogP contribution < -0.4 is 4.74 Å². The van der Waals surface area contributed by atoms with Crippen molar-refractivity contribution < 1.29 is 9.84 Å². The lowest BCUT2D eigenvalue weighted by molar-refractivity contribution is 0.137. The molecule has 0 amide bonds. The molecule has 2 saturated carbocycles. The van der Waals surface area contributed by atoms with E-state index in [2.05, 4.69) is 6.92 Å². The summed E-state index contributed by atoms with van der Waals surface area (Å²) in [5, 5.41) is 10.4. The van der Waals surface area contributed by atoms with E-state index in [-0.39, 0.29) is 6.10 Å². The molecular formula is C16H22O2. The Labute approximate surface area is 109 Å². The van der Waals surface area contributed by atoms with Gasteiger partial charge in [0.1, 0.15) is 5.75 Å². The number of rotatable bonds is 5. The van der Waals surface area contributed by atoms with Crippen LogP contribution in [0.3, 0.4) is 0 Å². The normalized spacial score (nSPS) is 30.9. The highest BCUT2D eigenvalue weighted by molar-refractivity contribution is 5.30. The molecule has 98 valence electrons. The summed E-state index contributed by atoms with van der Waals surface area (Å²) >= 11 is 0. The van der Waals surface area contributed by atoms with Crippen molar-refractivity contribution in [2.75, 3.05) is 6.61 Å². The first-order valence-electron chi connectivity index (χ1n) is 7.22. The Balaban J connectivity index is 1.62. The van der Waals surface area contributed by atoms with Crippen molar-refractivity contribution in [1.29, 1.82) is 0 Å². The van der Waals surface area contributed by atoms with Crippen molar-refractivity contribution in [3.05, 3.63) is 29.8 Å². The van der Waals surface area contributed by atoms with Gasteiger partial charge in [-0.1, -0.05) is 25.5 Å². The molecule has 1 aromatic rings. The van der Waals surface area contributed by atoms with Gasteiger partial charge >= 0.3 is 0 Å². The second kappa shape index (κ2) is 4.93. The molecule has 3 atom stereocenters. The zero-order chi connectivity index (χ0) is 12.5. The van der Waals surface area contributed by atoms with Crippen molar-refractivity contribution in [3.63, 3.8) is 0 Å². The number of benzene rings is 1. The molecule has 18 heavy (non-hydrogen) atoms. The Kier molecular flexibility index (Phi) is 3.29. The minimum Gasteiger partial charge on any atom is -0.494 e. The third-order valence-corrected chi connectivity index (χ3v) is 4.53. The van der Waals surface area contributed by atoms with Crippen LogP contribution in [0.2, 0.25) is 0 Å². The maximum atomic E-state index is 10.4. The van der Waals surface area contributed by atoms with Gasteiger partial charge < -0.3 is 9.84 Å². The van der Waals surface area contributed by atoms with Crippen molar-refractivity contribution in [2.45, 2.75) is 38.7 Å². The maximum absolute atomic E-state index is 10.4. The highest BCUT2D eigenvalue weighted by Crippen LogP contribution is 2.62. The fourth-order valence-electron chi connectivity index (χ4n) is 3.55. The van der Waals surface area contributed by atoms with Gasteiger partial charge in [0, 0.05) is 0 Å². The van der Waals surface area contributed by atoms with Crippen LogP contribution in [0.4, 0.5) is 0 Å². The van der Waals surface area contributed by atoms with Gasteiger partial charge in [-0.3, -0.25) is 0 Å². The summed E-state index contributed by atoms with van der Waals surface area (Å²) in [5.74, 6) is 3.04. The molecule has 0 radical (unpaired) electrons. The first-order valence-corrected chi connectivity index (χ1v) is 7.22. The minimum atomic E-state index is -0.263. The van der Waals surface area contributed by atoms with E-state index in [9.17, 15) is 5.11 Å². The predicted octanol–water partition coefficient (Wildman–Crippen LogP) is 3.55. The highest BCUT2D eigenvalue weighted by Gasteiger charge is 2.55. The van der Waals surface area contributed by atoms with Crippen LogP contribution in [0.1, 0.15) is 44.3 Å². The van der Waals surface area contributed by atoms with Gasteiger partial charge in [-0.2, -0.15) is 0 Å². The van der Waals surface area contributed by atoms with Gasteiger partial charge in [-0.25, -0.2) is 0 Å². The van der Waals surface area contributed by atoms with E-state index < -0.39 is 0 Å². The number of hydrogen-bond acceptors (Lipinski definition) is 2. The predicted molar refractivity (Wildman–Crippen MR) is 71.5 cm³/mol. The Hall–Kier alpha value is -1.02. The zero-order valence-corrected chi connectivity index (χ0v) is 11.0. The summed E-state index contributed by atoms with van der Waals surface area (Å²) in [4.78, 5) is 0. The summed E-state index contributed by atoms with van der Waals surface area (Å²) < 4.78 is 5.56. The summed E-state index contributed by atoms with van der Waals surface area (Å²) in [6.07, 6.45) is 4.77. The molecule has 0 aromatic heterocycles. The number of fused-ring (bicyclic) bond motifs is 1. The molecule has 2 heteroatoms. The molecular weight excluding hydrogens is 224 g/mol. The lowest BCUT2D eigenvalue weighted by Gasteiger charge is -2.13. The first kappa shape index (κ1) is 12.0. The minimum absolute atomic E-state index is 0.263. The maximum Gasteiger partial charge on any atom is 0.119 e. The third kappa shape index (κ3) is 2.14. The molecule has 0 aliphatic heterocycles. The number of hydrogen-bond donors (Lipinski definition) is 1. The molecule has 3 rings (SSSR count). The van der Waals surface area contributed by atoms with Crippen LogP contribution >= 0.6 is 0 Å². The van der Waals surface area contributed by atoms with Crippen LogP contribution in [0, 0.1) is 17.8 Å². The average molecular weight is 246 g/mol. The van der Waals surface area contributed by atoms with Crippen LogP contribution in [-0.2, 0) is 0 Å². The summed E-state index contributed by atoms with van der Waals surface area (Å²) in [7, 11) is 0. The second-order valence-corrected chi connectivity index (χ2v) is 5.70. The van der Waals surface area contributed by atoms with E-state index in [4.69, 9.17) is 4.74 Å². The molecule has 2 fully saturated rings. The molecule has 3 unspecified atom stereocenters. The molecule has 1 N–H and O–H groups in total. The fraction of sp³-hybridized carbons (Fsp3) is 0.625. The second-order valence-electron chi connectivity index (χ2n) is 5.70. The van der Waals surface area contributed by atoms with E-state index in [1.807, 2.05) is 24.3 Å². The standard InChI is InChI=1S/C16H22O2/c1-2-10-18-12-8-6-11(7-9-12)16(17)15-13-4-3-5-14(13)15/h6-9,13-17H,2-5,10H2,1H3. The van der Waals surface area contributed by atoms with Gasteiger partial charge in [0.25, 0.3) is 0 Å². The van der Waals surface area contributed by atoms with Crippen molar-refractivity contribution in [2.24, 2.45) is 17.8 Å². The van der Waals surface area contributed by atoms with Crippen molar-refractivity contribution in [1.82, 2.24) is 0 Å². The van der Waals surface area contributed by atoms with E-state index in [1.54, 1.807) is 0 Å². The van der Waals surface area contributed by atoms with Gasteiger partial charge in [0.15, 0.2) is 0 Å². The Bertz CT molecular complexity index is 388. The molecule has 2 aliphatic carbocycles. The Morgan fingerprint density at radius 1 is 1.22 bits per heavy atom. The molecule has 0 bridgehead atoms. The highest BCUT2D eigenvalue weighted by atomic mass is 16.5. The Morgan fingerprint density at radius 2 is 1.89 bits per heavy atom. The topological polar surface area (TPSA) is 29.5 Å². The van der Waals surface area contributed by atoms with Gasteiger partial charge in [0.2, 0.25) is 0 Å². The van der Waals surface area contributed by atoms with E-state index >= 15 is 0 Å². The summed E-state index contributed by atoms with van der Waals surface area (Å²) in [6.45, 7) is 2.86. The molecule has 2 aliphatic rings. The number of aliphatic hydroxyl groups excluding tert-OH is 1. The van der Waals surface area contributed by atoms with Crippen LogP contribution in [0.25, 0.3) is 0 Å². The van der Waals surface area contributed by atoms with E-state index in [0.717, 1.165) is 36.2 Å². The molecule has 0 spiro atoms. The quantitative estimate of drug-likeness (QED) is 0.861. The first-order chi connectivity index (χ1) is 8.81. The average Bonchev–Trinajstić information content (AvgIpc) is 2.88. The van der Waals surface area contributed by atoms with Gasteiger partial charge in [0.05, 0.1) is 12.7 Å². The molecule has 0 saturated heterocycles. The van der Waals surface area contributed by atoms with Gasteiger partial charge in [-0.15, -0.1) is 0 Å². The van der Waals surface area contributed by atoms with E-state index in [1.165, 1.54) is 19.3 Å². The summed E-state index contributed by atoms with van der Waals surface area (Å²) in [5.41, 5.74) is 1.05. The number of ether oxygens (including phenoxy) is 1. The summed E-state index contributed by atoms with van der Waals surface area (Å²) in [6, 6.07) is 7.99. The van der Waals surface area contributed by atoms with Crippen LogP contribution in [0.15, 0.2) is 24.3 Å². The lowest BCUT2D eigenvalue weighted by atomic mass is 10.00. The molecule has 0 heterocycles. The van der Waals surface area contributed by atoms with Crippen molar-refractivity contribution >= 4 is 0 Å². The SMILES string of the molecule is CCCOc1ccc(C(O)C2C3CCCC32)cc1. The fourth-order valence-corrected chi connectivity index (χ4v) is 3.55. The smallest absolute Gasteiger partial charge is 0.119 e.